The Bertz CT molecular complexity index is 537. The number of aromatic nitrogens is 2. The van der Waals surface area contributed by atoms with Crippen LogP contribution in [0.1, 0.15) is 19.4 Å². The fourth-order valence-electron chi connectivity index (χ4n) is 1.44. The molecule has 0 radical (unpaired) electrons. The molecule has 0 bridgehead atoms. The number of benzene rings is 1. The van der Waals surface area contributed by atoms with Crippen molar-refractivity contribution in [2.24, 2.45) is 5.92 Å². The second-order valence-corrected chi connectivity index (χ2v) is 5.52. The van der Waals surface area contributed by atoms with Gasteiger partial charge in [0.2, 0.25) is 5.82 Å². The molecule has 0 amide bonds. The average Bonchev–Trinajstić information content (AvgIpc) is 2.79. The zero-order valence-electron chi connectivity index (χ0n) is 10.7. The van der Waals surface area contributed by atoms with E-state index in [9.17, 15) is 0 Å². The molecule has 0 spiro atoms. The molecular formula is C13H16BrN3O. The van der Waals surface area contributed by atoms with Crippen LogP contribution in [-0.4, -0.2) is 16.7 Å². The van der Waals surface area contributed by atoms with Gasteiger partial charge >= 0.3 is 6.01 Å². The lowest BCUT2D eigenvalue weighted by atomic mass is 10.1. The van der Waals surface area contributed by atoms with Crippen molar-refractivity contribution < 1.29 is 4.52 Å². The van der Waals surface area contributed by atoms with E-state index in [1.165, 1.54) is 5.56 Å². The standard InChI is InChI=1S/C13H16BrN3O/c1-8(2)7-15-13-16-12(17-18-13)10-5-4-9(3)11(14)6-10/h4-6,8H,7H2,1-3H3,(H,15,16,17). The first-order valence-electron chi connectivity index (χ1n) is 5.90. The predicted molar refractivity (Wildman–Crippen MR) is 75.5 cm³/mol. The maximum atomic E-state index is 5.15. The summed E-state index contributed by atoms with van der Waals surface area (Å²) in [5, 5.41) is 7.07. The van der Waals surface area contributed by atoms with Gasteiger partial charge in [0.15, 0.2) is 0 Å². The van der Waals surface area contributed by atoms with Crippen LogP contribution in [0.2, 0.25) is 0 Å². The lowest BCUT2D eigenvalue weighted by Crippen LogP contribution is -2.07. The number of halogens is 1. The van der Waals surface area contributed by atoms with Crippen LogP contribution in [0.15, 0.2) is 27.2 Å². The van der Waals surface area contributed by atoms with Crippen molar-refractivity contribution in [1.82, 2.24) is 10.1 Å². The van der Waals surface area contributed by atoms with Crippen molar-refractivity contribution >= 4 is 21.9 Å². The van der Waals surface area contributed by atoms with E-state index < -0.39 is 0 Å². The predicted octanol–water partition coefficient (Wildman–Crippen LogP) is 3.88. The Morgan fingerprint density at radius 2 is 2.17 bits per heavy atom. The summed E-state index contributed by atoms with van der Waals surface area (Å²) < 4.78 is 6.20. The van der Waals surface area contributed by atoms with Gasteiger partial charge in [-0.05, 0) is 24.5 Å². The van der Waals surface area contributed by atoms with Crippen LogP contribution in [0.3, 0.4) is 0 Å². The second-order valence-electron chi connectivity index (χ2n) is 4.66. The molecule has 1 aromatic heterocycles. The number of nitrogens with zero attached hydrogens (tertiary/aromatic N) is 2. The van der Waals surface area contributed by atoms with Crippen molar-refractivity contribution in [2.45, 2.75) is 20.8 Å². The molecule has 1 aromatic carbocycles. The molecule has 2 rings (SSSR count). The summed E-state index contributed by atoms with van der Waals surface area (Å²) in [4.78, 5) is 4.31. The van der Waals surface area contributed by atoms with Gasteiger partial charge in [-0.3, -0.25) is 0 Å². The molecule has 0 aliphatic rings. The van der Waals surface area contributed by atoms with E-state index in [1.807, 2.05) is 25.1 Å². The van der Waals surface area contributed by atoms with E-state index in [-0.39, 0.29) is 0 Å². The van der Waals surface area contributed by atoms with E-state index in [2.05, 4.69) is 45.2 Å². The first kappa shape index (κ1) is 13.1. The van der Waals surface area contributed by atoms with Crippen LogP contribution in [0.25, 0.3) is 11.4 Å². The molecule has 18 heavy (non-hydrogen) atoms. The van der Waals surface area contributed by atoms with E-state index in [4.69, 9.17) is 4.52 Å². The molecule has 5 heteroatoms. The highest BCUT2D eigenvalue weighted by molar-refractivity contribution is 9.10. The van der Waals surface area contributed by atoms with Gasteiger partial charge in [-0.15, -0.1) is 0 Å². The Kier molecular flexibility index (Phi) is 4.01. The number of hydrogen-bond donors (Lipinski definition) is 1. The fraction of sp³-hybridized carbons (Fsp3) is 0.385. The van der Waals surface area contributed by atoms with Crippen molar-refractivity contribution in [1.29, 1.82) is 0 Å². The van der Waals surface area contributed by atoms with E-state index in [1.54, 1.807) is 0 Å². The summed E-state index contributed by atoms with van der Waals surface area (Å²) >= 11 is 3.50. The Labute approximate surface area is 115 Å². The summed E-state index contributed by atoms with van der Waals surface area (Å²) in [7, 11) is 0. The largest absolute Gasteiger partial charge is 0.337 e. The molecule has 1 N–H and O–H groups in total. The highest BCUT2D eigenvalue weighted by atomic mass is 79.9. The first-order valence-corrected chi connectivity index (χ1v) is 6.69. The summed E-state index contributed by atoms with van der Waals surface area (Å²) in [6, 6.07) is 6.47. The highest BCUT2D eigenvalue weighted by Gasteiger charge is 2.09. The average molecular weight is 310 g/mol. The third-order valence-electron chi connectivity index (χ3n) is 2.52. The van der Waals surface area contributed by atoms with Crippen LogP contribution < -0.4 is 5.32 Å². The summed E-state index contributed by atoms with van der Waals surface area (Å²) in [5.74, 6) is 1.14. The highest BCUT2D eigenvalue weighted by Crippen LogP contribution is 2.24. The molecule has 0 aliphatic carbocycles. The molecule has 2 aromatic rings. The van der Waals surface area contributed by atoms with Gasteiger partial charge < -0.3 is 9.84 Å². The topological polar surface area (TPSA) is 51.0 Å². The van der Waals surface area contributed by atoms with Crippen LogP contribution in [0.4, 0.5) is 6.01 Å². The van der Waals surface area contributed by atoms with Gasteiger partial charge in [-0.2, -0.15) is 4.98 Å². The molecule has 0 atom stereocenters. The Morgan fingerprint density at radius 3 is 2.83 bits per heavy atom. The van der Waals surface area contributed by atoms with E-state index in [0.717, 1.165) is 16.6 Å². The second kappa shape index (κ2) is 5.52. The zero-order chi connectivity index (χ0) is 13.1. The van der Waals surface area contributed by atoms with Gasteiger partial charge in [0, 0.05) is 16.6 Å². The maximum absolute atomic E-state index is 5.15. The minimum Gasteiger partial charge on any atom is -0.337 e. The van der Waals surface area contributed by atoms with Crippen molar-refractivity contribution in [3.63, 3.8) is 0 Å². The lowest BCUT2D eigenvalue weighted by Gasteiger charge is -2.02. The normalized spacial score (nSPS) is 10.9. The van der Waals surface area contributed by atoms with Crippen LogP contribution >= 0.6 is 15.9 Å². The Hall–Kier alpha value is -1.36. The number of aryl methyl sites for hydroxylation is 1. The molecule has 0 aliphatic heterocycles. The first-order chi connectivity index (χ1) is 8.56. The molecular weight excluding hydrogens is 294 g/mol. The van der Waals surface area contributed by atoms with E-state index >= 15 is 0 Å². The molecule has 4 nitrogen and oxygen atoms in total. The van der Waals surface area contributed by atoms with Gasteiger partial charge in [0.05, 0.1) is 0 Å². The van der Waals surface area contributed by atoms with E-state index in [0.29, 0.717) is 17.8 Å². The minimum atomic E-state index is 0.468. The third-order valence-corrected chi connectivity index (χ3v) is 3.37. The number of anilines is 1. The van der Waals surface area contributed by atoms with Gasteiger partial charge in [-0.25, -0.2) is 0 Å². The maximum Gasteiger partial charge on any atom is 0.321 e. The minimum absolute atomic E-state index is 0.468. The smallest absolute Gasteiger partial charge is 0.321 e. The summed E-state index contributed by atoms with van der Waals surface area (Å²) in [5.41, 5.74) is 2.12. The summed E-state index contributed by atoms with van der Waals surface area (Å²) in [6.07, 6.45) is 0. The number of nitrogens with one attached hydrogen (secondary N) is 1. The number of rotatable bonds is 4. The van der Waals surface area contributed by atoms with Crippen molar-refractivity contribution in [3.8, 4) is 11.4 Å². The quantitative estimate of drug-likeness (QED) is 0.931. The Balaban J connectivity index is 2.16. The van der Waals surface area contributed by atoms with Crippen molar-refractivity contribution in [2.75, 3.05) is 11.9 Å². The number of hydrogen-bond acceptors (Lipinski definition) is 4. The molecule has 0 fully saturated rings. The van der Waals surface area contributed by atoms with Crippen LogP contribution in [0, 0.1) is 12.8 Å². The van der Waals surface area contributed by atoms with Crippen molar-refractivity contribution in [3.05, 3.63) is 28.2 Å². The summed E-state index contributed by atoms with van der Waals surface area (Å²) in [6.45, 7) is 7.11. The zero-order valence-corrected chi connectivity index (χ0v) is 12.3. The molecule has 0 unspecified atom stereocenters. The van der Waals surface area contributed by atoms with Gasteiger partial charge in [0.25, 0.3) is 0 Å². The van der Waals surface area contributed by atoms with Crippen LogP contribution in [0.5, 0.6) is 0 Å². The monoisotopic (exact) mass is 309 g/mol. The SMILES string of the molecule is Cc1ccc(-c2noc(NCC(C)C)n2)cc1Br. The third kappa shape index (κ3) is 3.10. The molecule has 0 saturated heterocycles. The fourth-order valence-corrected chi connectivity index (χ4v) is 1.81. The Morgan fingerprint density at radius 1 is 1.39 bits per heavy atom. The molecule has 0 saturated carbocycles. The van der Waals surface area contributed by atoms with Crippen LogP contribution in [-0.2, 0) is 0 Å². The lowest BCUT2D eigenvalue weighted by molar-refractivity contribution is 0.429. The van der Waals surface area contributed by atoms with Gasteiger partial charge in [-0.1, -0.05) is 47.1 Å². The molecule has 96 valence electrons. The van der Waals surface area contributed by atoms with Gasteiger partial charge in [0.1, 0.15) is 0 Å². The molecule has 1 heterocycles.